The SMILES string of the molecule is CCN(Cc1cccs1)c1ccc(N)c2cc(Br)cnc12. The first-order valence-electron chi connectivity index (χ1n) is 6.80. The van der Waals surface area contributed by atoms with Crippen LogP contribution < -0.4 is 10.6 Å². The molecule has 3 aromatic rings. The van der Waals surface area contributed by atoms with Crippen LogP contribution in [-0.4, -0.2) is 11.5 Å². The maximum Gasteiger partial charge on any atom is 0.0956 e. The van der Waals surface area contributed by atoms with Crippen LogP contribution in [-0.2, 0) is 6.54 Å². The van der Waals surface area contributed by atoms with Gasteiger partial charge in [-0.2, -0.15) is 0 Å². The van der Waals surface area contributed by atoms with E-state index in [1.807, 2.05) is 18.3 Å². The summed E-state index contributed by atoms with van der Waals surface area (Å²) in [5, 5.41) is 3.10. The van der Waals surface area contributed by atoms with Gasteiger partial charge in [0.2, 0.25) is 0 Å². The molecular weight excluding hydrogens is 346 g/mol. The number of fused-ring (bicyclic) bond motifs is 1. The van der Waals surface area contributed by atoms with Crippen LogP contribution in [0.5, 0.6) is 0 Å². The van der Waals surface area contributed by atoms with Crippen LogP contribution in [0, 0.1) is 0 Å². The average Bonchev–Trinajstić information content (AvgIpc) is 2.99. The number of rotatable bonds is 4. The van der Waals surface area contributed by atoms with Crippen LogP contribution in [0.3, 0.4) is 0 Å². The Morgan fingerprint density at radius 2 is 2.19 bits per heavy atom. The lowest BCUT2D eigenvalue weighted by molar-refractivity contribution is 0.845. The number of aromatic nitrogens is 1. The van der Waals surface area contributed by atoms with Crippen molar-refractivity contribution in [1.29, 1.82) is 0 Å². The lowest BCUT2D eigenvalue weighted by Gasteiger charge is -2.24. The predicted octanol–water partition coefficient (Wildman–Crippen LogP) is 4.67. The molecule has 5 heteroatoms. The molecule has 0 spiro atoms. The van der Waals surface area contributed by atoms with Crippen molar-refractivity contribution in [1.82, 2.24) is 4.98 Å². The monoisotopic (exact) mass is 361 g/mol. The Kier molecular flexibility index (Phi) is 4.12. The quantitative estimate of drug-likeness (QED) is 0.686. The molecule has 2 aromatic heterocycles. The first-order valence-corrected chi connectivity index (χ1v) is 8.47. The number of thiophene rings is 1. The molecule has 0 saturated heterocycles. The number of pyridine rings is 1. The second kappa shape index (κ2) is 6.03. The Hall–Kier alpha value is -1.59. The standard InChI is InChI=1S/C16H16BrN3S/c1-2-20(10-12-4-3-7-21-12)15-6-5-14(18)13-8-11(17)9-19-16(13)15/h3-9H,2,10,18H2,1H3. The van der Waals surface area contributed by atoms with Gasteiger partial charge >= 0.3 is 0 Å². The molecule has 0 aliphatic carbocycles. The van der Waals surface area contributed by atoms with Gasteiger partial charge in [-0.05, 0) is 52.5 Å². The molecule has 2 heterocycles. The fourth-order valence-corrected chi connectivity index (χ4v) is 3.46. The van der Waals surface area contributed by atoms with Crippen LogP contribution in [0.2, 0.25) is 0 Å². The molecule has 0 unspecified atom stereocenters. The summed E-state index contributed by atoms with van der Waals surface area (Å²) in [6.07, 6.45) is 1.82. The summed E-state index contributed by atoms with van der Waals surface area (Å²) >= 11 is 5.24. The van der Waals surface area contributed by atoms with Crippen molar-refractivity contribution < 1.29 is 0 Å². The van der Waals surface area contributed by atoms with Gasteiger partial charge in [-0.3, -0.25) is 4.98 Å². The van der Waals surface area contributed by atoms with Crippen molar-refractivity contribution in [2.24, 2.45) is 0 Å². The summed E-state index contributed by atoms with van der Waals surface area (Å²) in [5.41, 5.74) is 8.94. The molecule has 3 rings (SSSR count). The number of halogens is 1. The molecule has 108 valence electrons. The molecule has 0 atom stereocenters. The number of nitrogens with two attached hydrogens (primary N) is 1. The van der Waals surface area contributed by atoms with Crippen LogP contribution in [0.1, 0.15) is 11.8 Å². The summed E-state index contributed by atoms with van der Waals surface area (Å²) in [4.78, 5) is 8.25. The van der Waals surface area contributed by atoms with E-state index in [0.717, 1.165) is 39.8 Å². The summed E-state index contributed by atoms with van der Waals surface area (Å²) in [6.45, 7) is 3.98. The first kappa shape index (κ1) is 14.4. The van der Waals surface area contributed by atoms with Gasteiger partial charge in [0.1, 0.15) is 0 Å². The van der Waals surface area contributed by atoms with Gasteiger partial charge < -0.3 is 10.6 Å². The maximum absolute atomic E-state index is 6.09. The lowest BCUT2D eigenvalue weighted by atomic mass is 10.1. The first-order chi connectivity index (χ1) is 10.2. The topological polar surface area (TPSA) is 42.1 Å². The minimum absolute atomic E-state index is 0.759. The Labute approximate surface area is 136 Å². The van der Waals surface area contributed by atoms with Gasteiger partial charge in [0.15, 0.2) is 0 Å². The number of hydrogen-bond donors (Lipinski definition) is 1. The van der Waals surface area contributed by atoms with Crippen molar-refractivity contribution in [3.05, 3.63) is 51.3 Å². The van der Waals surface area contributed by atoms with Crippen LogP contribution >= 0.6 is 27.3 Å². The Morgan fingerprint density at radius 1 is 1.33 bits per heavy atom. The molecule has 21 heavy (non-hydrogen) atoms. The molecule has 0 fully saturated rings. The summed E-state index contributed by atoms with van der Waals surface area (Å²) in [5.74, 6) is 0. The molecule has 2 N–H and O–H groups in total. The minimum Gasteiger partial charge on any atom is -0.398 e. The number of nitrogen functional groups attached to an aromatic ring is 1. The highest BCUT2D eigenvalue weighted by atomic mass is 79.9. The molecule has 0 saturated carbocycles. The summed E-state index contributed by atoms with van der Waals surface area (Å²) in [7, 11) is 0. The van der Waals surface area contributed by atoms with E-state index >= 15 is 0 Å². The zero-order valence-electron chi connectivity index (χ0n) is 11.7. The normalized spacial score (nSPS) is 11.0. The van der Waals surface area contributed by atoms with Crippen LogP contribution in [0.15, 0.2) is 46.4 Å². The van der Waals surface area contributed by atoms with Crippen molar-refractivity contribution in [3.63, 3.8) is 0 Å². The van der Waals surface area contributed by atoms with E-state index in [0.29, 0.717) is 0 Å². The smallest absolute Gasteiger partial charge is 0.0956 e. The van der Waals surface area contributed by atoms with Crippen molar-refractivity contribution >= 4 is 49.5 Å². The molecule has 0 aliphatic heterocycles. The van der Waals surface area contributed by atoms with Crippen molar-refractivity contribution in [3.8, 4) is 0 Å². The second-order valence-electron chi connectivity index (χ2n) is 4.82. The van der Waals surface area contributed by atoms with Crippen molar-refractivity contribution in [2.75, 3.05) is 17.2 Å². The van der Waals surface area contributed by atoms with Gasteiger partial charge in [0, 0.05) is 33.2 Å². The van der Waals surface area contributed by atoms with Gasteiger partial charge in [-0.25, -0.2) is 0 Å². The highest BCUT2D eigenvalue weighted by Crippen LogP contribution is 2.32. The summed E-state index contributed by atoms with van der Waals surface area (Å²) in [6, 6.07) is 10.3. The zero-order chi connectivity index (χ0) is 14.8. The number of hydrogen-bond acceptors (Lipinski definition) is 4. The predicted molar refractivity (Wildman–Crippen MR) is 94.9 cm³/mol. The zero-order valence-corrected chi connectivity index (χ0v) is 14.1. The van der Waals surface area contributed by atoms with E-state index in [1.165, 1.54) is 4.88 Å². The molecule has 0 aliphatic rings. The van der Waals surface area contributed by atoms with Gasteiger partial charge in [-0.1, -0.05) is 6.07 Å². The van der Waals surface area contributed by atoms with E-state index < -0.39 is 0 Å². The molecule has 0 radical (unpaired) electrons. The Bertz CT molecular complexity index is 756. The number of anilines is 2. The van der Waals surface area contributed by atoms with E-state index in [2.05, 4.69) is 56.3 Å². The van der Waals surface area contributed by atoms with E-state index in [9.17, 15) is 0 Å². The average molecular weight is 362 g/mol. The van der Waals surface area contributed by atoms with Crippen LogP contribution in [0.25, 0.3) is 10.9 Å². The van der Waals surface area contributed by atoms with E-state index in [4.69, 9.17) is 5.73 Å². The van der Waals surface area contributed by atoms with Gasteiger partial charge in [0.05, 0.1) is 17.7 Å². The molecule has 0 amide bonds. The molecule has 1 aromatic carbocycles. The largest absolute Gasteiger partial charge is 0.398 e. The third-order valence-corrected chi connectivity index (χ3v) is 4.77. The third kappa shape index (κ3) is 2.89. The van der Waals surface area contributed by atoms with Crippen molar-refractivity contribution in [2.45, 2.75) is 13.5 Å². The second-order valence-corrected chi connectivity index (χ2v) is 6.77. The fraction of sp³-hybridized carbons (Fsp3) is 0.188. The van der Waals surface area contributed by atoms with Gasteiger partial charge in [-0.15, -0.1) is 11.3 Å². The lowest BCUT2D eigenvalue weighted by Crippen LogP contribution is -2.22. The highest BCUT2D eigenvalue weighted by molar-refractivity contribution is 9.10. The van der Waals surface area contributed by atoms with Gasteiger partial charge in [0.25, 0.3) is 0 Å². The number of nitrogens with zero attached hydrogens (tertiary/aromatic N) is 2. The molecule has 0 bridgehead atoms. The Balaban J connectivity index is 2.08. The van der Waals surface area contributed by atoms with E-state index in [1.54, 1.807) is 11.3 Å². The van der Waals surface area contributed by atoms with Crippen LogP contribution in [0.4, 0.5) is 11.4 Å². The number of benzene rings is 1. The third-order valence-electron chi connectivity index (χ3n) is 3.48. The minimum atomic E-state index is 0.759. The Morgan fingerprint density at radius 3 is 2.90 bits per heavy atom. The molecular formula is C16H16BrN3S. The molecule has 3 nitrogen and oxygen atoms in total. The highest BCUT2D eigenvalue weighted by Gasteiger charge is 2.12. The fourth-order valence-electron chi connectivity index (χ4n) is 2.41. The summed E-state index contributed by atoms with van der Waals surface area (Å²) < 4.78 is 0.945. The maximum atomic E-state index is 6.09. The van der Waals surface area contributed by atoms with E-state index in [-0.39, 0.29) is 0 Å².